The Bertz CT molecular complexity index is 761. The van der Waals surface area contributed by atoms with E-state index in [1.54, 1.807) is 13.1 Å². The van der Waals surface area contributed by atoms with Crippen molar-refractivity contribution >= 4 is 0 Å². The summed E-state index contributed by atoms with van der Waals surface area (Å²) < 4.78 is 7.89. The molecule has 7 nitrogen and oxygen atoms in total. The molecular weight excluding hydrogens is 260 g/mol. The van der Waals surface area contributed by atoms with Gasteiger partial charge in [0.1, 0.15) is 6.61 Å². The van der Waals surface area contributed by atoms with Crippen molar-refractivity contribution in [3.63, 3.8) is 0 Å². The summed E-state index contributed by atoms with van der Waals surface area (Å²) in [6.07, 6.45) is 0. The highest BCUT2D eigenvalue weighted by Gasteiger charge is 2.07. The summed E-state index contributed by atoms with van der Waals surface area (Å²) in [5, 5.41) is 7.86. The van der Waals surface area contributed by atoms with Gasteiger partial charge in [-0.1, -0.05) is 0 Å². The molecule has 0 radical (unpaired) electrons. The normalized spacial score (nSPS) is 10.6. The maximum atomic E-state index is 11.8. The van der Waals surface area contributed by atoms with Crippen LogP contribution in [0.1, 0.15) is 17.0 Å². The molecule has 0 aliphatic heterocycles. The first-order valence-corrected chi connectivity index (χ1v) is 6.10. The molecule has 0 aliphatic carbocycles. The van der Waals surface area contributed by atoms with Gasteiger partial charge in [0, 0.05) is 26.2 Å². The van der Waals surface area contributed by atoms with Gasteiger partial charge in [0.15, 0.2) is 0 Å². The molecule has 0 N–H and O–H groups in total. The zero-order valence-electron chi connectivity index (χ0n) is 11.9. The molecule has 0 bridgehead atoms. The second kappa shape index (κ2) is 5.28. The van der Waals surface area contributed by atoms with Gasteiger partial charge < -0.3 is 4.74 Å². The first-order chi connectivity index (χ1) is 9.40. The van der Waals surface area contributed by atoms with E-state index in [0.29, 0.717) is 11.6 Å². The molecule has 0 atom stereocenters. The van der Waals surface area contributed by atoms with Crippen LogP contribution >= 0.6 is 0 Å². The fraction of sp³-hybridized carbons (Fsp3) is 0.385. The molecule has 0 unspecified atom stereocenters. The Balaban J connectivity index is 2.25. The summed E-state index contributed by atoms with van der Waals surface area (Å²) in [6.45, 7) is 3.85. The highest BCUT2D eigenvalue weighted by atomic mass is 16.5. The average molecular weight is 276 g/mol. The van der Waals surface area contributed by atoms with Crippen molar-refractivity contribution in [2.24, 2.45) is 14.1 Å². The van der Waals surface area contributed by atoms with E-state index in [4.69, 9.17) is 4.74 Å². The third-order valence-electron chi connectivity index (χ3n) is 3.20. The van der Waals surface area contributed by atoms with Gasteiger partial charge in [0.2, 0.25) is 5.88 Å². The van der Waals surface area contributed by atoms with E-state index in [9.17, 15) is 9.59 Å². The Morgan fingerprint density at radius 2 is 1.80 bits per heavy atom. The molecule has 106 valence electrons. The molecule has 0 spiro atoms. The molecule has 2 heterocycles. The summed E-state index contributed by atoms with van der Waals surface area (Å²) in [5.41, 5.74) is 1.53. The number of aromatic nitrogens is 4. The van der Waals surface area contributed by atoms with E-state index in [2.05, 4.69) is 10.2 Å². The van der Waals surface area contributed by atoms with Crippen molar-refractivity contribution in [2.75, 3.05) is 0 Å². The molecule has 2 aromatic rings. The smallest absolute Gasteiger partial charge is 0.330 e. The molecular formula is C13H16N4O3. The van der Waals surface area contributed by atoms with Gasteiger partial charge in [-0.15, -0.1) is 5.10 Å². The van der Waals surface area contributed by atoms with Crippen molar-refractivity contribution < 1.29 is 4.74 Å². The minimum absolute atomic E-state index is 0.0823. The number of rotatable bonds is 3. The van der Waals surface area contributed by atoms with Crippen molar-refractivity contribution in [3.05, 3.63) is 49.9 Å². The maximum absolute atomic E-state index is 11.8. The van der Waals surface area contributed by atoms with Gasteiger partial charge in [0.05, 0.1) is 11.4 Å². The van der Waals surface area contributed by atoms with E-state index in [0.717, 1.165) is 15.8 Å². The van der Waals surface area contributed by atoms with Gasteiger partial charge in [-0.25, -0.2) is 4.79 Å². The highest BCUT2D eigenvalue weighted by Crippen LogP contribution is 2.11. The van der Waals surface area contributed by atoms with Crippen LogP contribution in [0.25, 0.3) is 0 Å². The standard InChI is InChI=1S/C13H16N4O3/c1-8-5-11(15-14-9(8)2)20-7-10-6-12(18)17(4)13(19)16(10)3/h5-6H,7H2,1-4H3. The lowest BCUT2D eigenvalue weighted by Gasteiger charge is -2.10. The quantitative estimate of drug-likeness (QED) is 0.792. The molecule has 2 aromatic heterocycles. The molecule has 0 aromatic carbocycles. The van der Waals surface area contributed by atoms with Gasteiger partial charge in [0.25, 0.3) is 5.56 Å². The lowest BCUT2D eigenvalue weighted by molar-refractivity contribution is 0.278. The predicted molar refractivity (Wildman–Crippen MR) is 72.8 cm³/mol. The minimum Gasteiger partial charge on any atom is -0.470 e. The molecule has 0 aliphatic rings. The summed E-state index contributed by atoms with van der Waals surface area (Å²) in [5.74, 6) is 0.362. The van der Waals surface area contributed by atoms with E-state index >= 15 is 0 Å². The molecule has 0 saturated carbocycles. The molecule has 0 saturated heterocycles. The molecule has 0 amide bonds. The largest absolute Gasteiger partial charge is 0.470 e. The van der Waals surface area contributed by atoms with Gasteiger partial charge in [-0.05, 0) is 19.4 Å². The number of hydrogen-bond donors (Lipinski definition) is 0. The Kier molecular flexibility index (Phi) is 3.69. The van der Waals surface area contributed by atoms with Crippen molar-refractivity contribution in [2.45, 2.75) is 20.5 Å². The average Bonchev–Trinajstić information content (AvgIpc) is 2.42. The Labute approximate surface area is 115 Å². The number of ether oxygens (including phenoxy) is 1. The monoisotopic (exact) mass is 276 g/mol. The Morgan fingerprint density at radius 3 is 2.45 bits per heavy atom. The van der Waals surface area contributed by atoms with Crippen molar-refractivity contribution in [1.82, 2.24) is 19.3 Å². The lowest BCUT2D eigenvalue weighted by Crippen LogP contribution is -2.38. The first kappa shape index (κ1) is 14.0. The van der Waals surface area contributed by atoms with Crippen LogP contribution in [-0.2, 0) is 20.7 Å². The van der Waals surface area contributed by atoms with Crippen LogP contribution < -0.4 is 16.0 Å². The third kappa shape index (κ3) is 2.61. The molecule has 7 heteroatoms. The zero-order chi connectivity index (χ0) is 14.9. The topological polar surface area (TPSA) is 79.0 Å². The fourth-order valence-corrected chi connectivity index (χ4v) is 1.66. The van der Waals surface area contributed by atoms with E-state index in [-0.39, 0.29) is 17.9 Å². The summed E-state index contributed by atoms with van der Waals surface area (Å²) in [6, 6.07) is 3.14. The van der Waals surface area contributed by atoms with E-state index in [1.807, 2.05) is 13.8 Å². The molecule has 0 fully saturated rings. The Hall–Kier alpha value is -2.44. The van der Waals surface area contributed by atoms with E-state index < -0.39 is 0 Å². The van der Waals surface area contributed by atoms with Gasteiger partial charge in [-0.3, -0.25) is 13.9 Å². The van der Waals surface area contributed by atoms with Crippen molar-refractivity contribution in [3.8, 4) is 5.88 Å². The van der Waals surface area contributed by atoms with Crippen LogP contribution in [0.2, 0.25) is 0 Å². The number of aryl methyl sites for hydroxylation is 2. The van der Waals surface area contributed by atoms with E-state index in [1.165, 1.54) is 17.7 Å². The fourth-order valence-electron chi connectivity index (χ4n) is 1.66. The summed E-state index contributed by atoms with van der Waals surface area (Å²) in [4.78, 5) is 23.4. The number of nitrogens with zero attached hydrogens (tertiary/aromatic N) is 4. The second-order valence-corrected chi connectivity index (χ2v) is 4.61. The third-order valence-corrected chi connectivity index (χ3v) is 3.20. The van der Waals surface area contributed by atoms with Crippen LogP contribution in [0.3, 0.4) is 0 Å². The molecule has 2 rings (SSSR count). The van der Waals surface area contributed by atoms with Gasteiger partial charge in [-0.2, -0.15) is 5.10 Å². The zero-order valence-corrected chi connectivity index (χ0v) is 11.9. The first-order valence-electron chi connectivity index (χ1n) is 6.10. The second-order valence-electron chi connectivity index (χ2n) is 4.61. The summed E-state index contributed by atoms with van der Waals surface area (Å²) in [7, 11) is 3.02. The van der Waals surface area contributed by atoms with Gasteiger partial charge >= 0.3 is 5.69 Å². The SMILES string of the molecule is Cc1cc(OCc2cc(=O)n(C)c(=O)n2C)nnc1C. The van der Waals surface area contributed by atoms with Crippen LogP contribution in [0, 0.1) is 13.8 Å². The van der Waals surface area contributed by atoms with Crippen molar-refractivity contribution in [1.29, 1.82) is 0 Å². The van der Waals surface area contributed by atoms with Crippen LogP contribution in [-0.4, -0.2) is 19.3 Å². The highest BCUT2D eigenvalue weighted by molar-refractivity contribution is 5.21. The van der Waals surface area contributed by atoms with Crippen LogP contribution in [0.5, 0.6) is 5.88 Å². The maximum Gasteiger partial charge on any atom is 0.330 e. The predicted octanol–water partition coefficient (Wildman–Crippen LogP) is 0.0698. The van der Waals surface area contributed by atoms with Crippen LogP contribution in [0.15, 0.2) is 21.7 Å². The Morgan fingerprint density at radius 1 is 1.10 bits per heavy atom. The number of hydrogen-bond acceptors (Lipinski definition) is 5. The minimum atomic E-state index is -0.387. The summed E-state index contributed by atoms with van der Waals surface area (Å²) >= 11 is 0. The molecule has 20 heavy (non-hydrogen) atoms. The lowest BCUT2D eigenvalue weighted by atomic mass is 10.2. The van der Waals surface area contributed by atoms with Crippen LogP contribution in [0.4, 0.5) is 0 Å².